The highest BCUT2D eigenvalue weighted by Crippen LogP contribution is 2.22. The quantitative estimate of drug-likeness (QED) is 0.663. The highest BCUT2D eigenvalue weighted by molar-refractivity contribution is 5.81. The van der Waals surface area contributed by atoms with E-state index in [1.54, 1.807) is 0 Å². The second-order valence-electron chi connectivity index (χ2n) is 7.51. The molecule has 0 spiro atoms. The molecule has 1 N–H and O–H groups in total. The number of nitrogens with zero attached hydrogens (tertiary/aromatic N) is 2. The predicted octanol–water partition coefficient (Wildman–Crippen LogP) is 3.78. The predicted molar refractivity (Wildman–Crippen MR) is 112 cm³/mol. The molecule has 0 aliphatic carbocycles. The SMILES string of the molecule is Cc1cccc(OCCn2c(C(C)NC(=O)C3CCCO3)nc3ccccc32)c1. The number of nitrogens with one attached hydrogen (secondary N) is 1. The van der Waals surface area contributed by atoms with E-state index < -0.39 is 0 Å². The Morgan fingerprint density at radius 3 is 2.97 bits per heavy atom. The number of benzene rings is 2. The molecule has 1 aliphatic rings. The van der Waals surface area contributed by atoms with E-state index in [1.807, 2.05) is 62.4 Å². The van der Waals surface area contributed by atoms with Crippen LogP contribution in [0.4, 0.5) is 0 Å². The molecule has 0 saturated carbocycles. The summed E-state index contributed by atoms with van der Waals surface area (Å²) in [7, 11) is 0. The van der Waals surface area contributed by atoms with E-state index in [0.717, 1.165) is 35.4 Å². The molecular formula is C23H27N3O3. The standard InChI is InChI=1S/C23H27N3O3/c1-16-7-5-8-18(15-16)28-14-12-26-20-10-4-3-9-19(20)25-22(26)17(2)24-23(27)21-11-6-13-29-21/h3-5,7-10,15,17,21H,6,11-14H2,1-2H3,(H,24,27). The zero-order valence-corrected chi connectivity index (χ0v) is 16.9. The summed E-state index contributed by atoms with van der Waals surface area (Å²) >= 11 is 0. The minimum atomic E-state index is -0.347. The molecule has 3 aromatic rings. The van der Waals surface area contributed by atoms with Gasteiger partial charge in [0.1, 0.15) is 24.3 Å². The number of carbonyl (C=O) groups excluding carboxylic acids is 1. The van der Waals surface area contributed by atoms with Crippen molar-refractivity contribution in [1.82, 2.24) is 14.9 Å². The lowest BCUT2D eigenvalue weighted by molar-refractivity contribution is -0.130. The van der Waals surface area contributed by atoms with Gasteiger partial charge in [0, 0.05) is 6.61 Å². The number of hydrogen-bond acceptors (Lipinski definition) is 4. The molecule has 0 radical (unpaired) electrons. The van der Waals surface area contributed by atoms with Crippen LogP contribution in [0.2, 0.25) is 0 Å². The van der Waals surface area contributed by atoms with Crippen LogP contribution in [0.3, 0.4) is 0 Å². The van der Waals surface area contributed by atoms with Gasteiger partial charge >= 0.3 is 0 Å². The number of aromatic nitrogens is 2. The number of carbonyl (C=O) groups is 1. The Bertz CT molecular complexity index is 992. The highest BCUT2D eigenvalue weighted by Gasteiger charge is 2.26. The van der Waals surface area contributed by atoms with Gasteiger partial charge in [-0.05, 0) is 56.5 Å². The third kappa shape index (κ3) is 4.43. The fourth-order valence-corrected chi connectivity index (χ4v) is 3.77. The number of imidazole rings is 1. The first-order valence-corrected chi connectivity index (χ1v) is 10.2. The van der Waals surface area contributed by atoms with E-state index in [0.29, 0.717) is 19.8 Å². The molecule has 1 aromatic heterocycles. The average molecular weight is 393 g/mol. The van der Waals surface area contributed by atoms with Crippen LogP contribution in [-0.4, -0.2) is 34.8 Å². The lowest BCUT2D eigenvalue weighted by Crippen LogP contribution is -2.36. The monoisotopic (exact) mass is 393 g/mol. The van der Waals surface area contributed by atoms with Gasteiger partial charge in [0.05, 0.1) is 23.6 Å². The summed E-state index contributed by atoms with van der Waals surface area (Å²) in [6.45, 7) is 5.83. The van der Waals surface area contributed by atoms with Crippen LogP contribution < -0.4 is 10.1 Å². The zero-order valence-electron chi connectivity index (χ0n) is 16.9. The number of ether oxygens (including phenoxy) is 2. The Labute approximate surface area is 170 Å². The fraction of sp³-hybridized carbons (Fsp3) is 0.391. The molecule has 1 aliphatic heterocycles. The first-order chi connectivity index (χ1) is 14.1. The summed E-state index contributed by atoms with van der Waals surface area (Å²) in [5, 5.41) is 3.07. The van der Waals surface area contributed by atoms with Gasteiger partial charge in [-0.25, -0.2) is 4.98 Å². The lowest BCUT2D eigenvalue weighted by atomic mass is 10.2. The molecule has 4 rings (SSSR count). The summed E-state index contributed by atoms with van der Waals surface area (Å²) in [5.74, 6) is 1.62. The average Bonchev–Trinajstić information content (AvgIpc) is 3.37. The maximum Gasteiger partial charge on any atom is 0.249 e. The van der Waals surface area contributed by atoms with E-state index in [2.05, 4.69) is 9.88 Å². The Kier molecular flexibility index (Phi) is 5.81. The summed E-state index contributed by atoms with van der Waals surface area (Å²) in [5.41, 5.74) is 3.12. The number of para-hydroxylation sites is 2. The summed E-state index contributed by atoms with van der Waals surface area (Å²) in [6.07, 6.45) is 1.36. The summed E-state index contributed by atoms with van der Waals surface area (Å²) < 4.78 is 13.6. The Morgan fingerprint density at radius 2 is 2.17 bits per heavy atom. The molecule has 152 valence electrons. The first kappa shape index (κ1) is 19.5. The second kappa shape index (κ2) is 8.66. The van der Waals surface area contributed by atoms with Gasteiger partial charge in [0.2, 0.25) is 5.91 Å². The van der Waals surface area contributed by atoms with E-state index in [4.69, 9.17) is 14.5 Å². The summed E-state index contributed by atoms with van der Waals surface area (Å²) in [4.78, 5) is 17.3. The van der Waals surface area contributed by atoms with Crippen molar-refractivity contribution in [2.24, 2.45) is 0 Å². The summed E-state index contributed by atoms with van der Waals surface area (Å²) in [6, 6.07) is 15.8. The number of hydrogen-bond donors (Lipinski definition) is 1. The normalized spacial score (nSPS) is 17.4. The minimum Gasteiger partial charge on any atom is -0.492 e. The molecule has 29 heavy (non-hydrogen) atoms. The van der Waals surface area contributed by atoms with Crippen LogP contribution in [0.5, 0.6) is 5.75 Å². The Hall–Kier alpha value is -2.86. The van der Waals surface area contributed by atoms with Crippen LogP contribution in [0.25, 0.3) is 11.0 Å². The Balaban J connectivity index is 1.51. The van der Waals surface area contributed by atoms with Crippen LogP contribution in [-0.2, 0) is 16.1 Å². The van der Waals surface area contributed by atoms with Gasteiger partial charge < -0.3 is 19.4 Å². The van der Waals surface area contributed by atoms with Crippen molar-refractivity contribution >= 4 is 16.9 Å². The topological polar surface area (TPSA) is 65.4 Å². The van der Waals surface area contributed by atoms with Crippen LogP contribution in [0.1, 0.15) is 37.2 Å². The maximum absolute atomic E-state index is 12.5. The lowest BCUT2D eigenvalue weighted by Gasteiger charge is -2.18. The van der Waals surface area contributed by atoms with Crippen LogP contribution in [0, 0.1) is 6.92 Å². The van der Waals surface area contributed by atoms with E-state index in [1.165, 1.54) is 5.56 Å². The highest BCUT2D eigenvalue weighted by atomic mass is 16.5. The molecule has 2 atom stereocenters. The third-order valence-corrected chi connectivity index (χ3v) is 5.23. The van der Waals surface area contributed by atoms with Gasteiger partial charge in [-0.15, -0.1) is 0 Å². The molecule has 2 aromatic carbocycles. The molecule has 6 heteroatoms. The van der Waals surface area contributed by atoms with Crippen molar-refractivity contribution in [2.45, 2.75) is 45.4 Å². The van der Waals surface area contributed by atoms with Crippen molar-refractivity contribution in [1.29, 1.82) is 0 Å². The minimum absolute atomic E-state index is 0.0652. The van der Waals surface area contributed by atoms with Crippen molar-refractivity contribution < 1.29 is 14.3 Å². The van der Waals surface area contributed by atoms with Gasteiger partial charge in [-0.1, -0.05) is 24.3 Å². The smallest absolute Gasteiger partial charge is 0.249 e. The first-order valence-electron chi connectivity index (χ1n) is 10.2. The van der Waals surface area contributed by atoms with Gasteiger partial charge in [-0.3, -0.25) is 4.79 Å². The number of amides is 1. The van der Waals surface area contributed by atoms with Gasteiger partial charge in [0.25, 0.3) is 0 Å². The Morgan fingerprint density at radius 1 is 1.31 bits per heavy atom. The van der Waals surface area contributed by atoms with E-state index >= 15 is 0 Å². The molecular weight excluding hydrogens is 366 g/mol. The number of rotatable bonds is 7. The molecule has 2 unspecified atom stereocenters. The second-order valence-corrected chi connectivity index (χ2v) is 7.51. The molecule has 1 saturated heterocycles. The van der Waals surface area contributed by atoms with E-state index in [9.17, 15) is 4.79 Å². The van der Waals surface area contributed by atoms with Gasteiger partial charge in [-0.2, -0.15) is 0 Å². The molecule has 2 heterocycles. The molecule has 1 fully saturated rings. The third-order valence-electron chi connectivity index (χ3n) is 5.23. The molecule has 1 amide bonds. The zero-order chi connectivity index (χ0) is 20.2. The van der Waals surface area contributed by atoms with Gasteiger partial charge in [0.15, 0.2) is 0 Å². The fourth-order valence-electron chi connectivity index (χ4n) is 3.77. The molecule has 6 nitrogen and oxygen atoms in total. The maximum atomic E-state index is 12.5. The number of fused-ring (bicyclic) bond motifs is 1. The van der Waals surface area contributed by atoms with Crippen molar-refractivity contribution in [3.8, 4) is 5.75 Å². The molecule has 0 bridgehead atoms. The number of aryl methyl sites for hydroxylation is 1. The van der Waals surface area contributed by atoms with Crippen molar-refractivity contribution in [3.05, 3.63) is 59.9 Å². The largest absolute Gasteiger partial charge is 0.492 e. The van der Waals surface area contributed by atoms with Crippen LogP contribution >= 0.6 is 0 Å². The van der Waals surface area contributed by atoms with Crippen molar-refractivity contribution in [3.63, 3.8) is 0 Å². The van der Waals surface area contributed by atoms with Crippen molar-refractivity contribution in [2.75, 3.05) is 13.2 Å². The van der Waals surface area contributed by atoms with E-state index in [-0.39, 0.29) is 18.1 Å². The van der Waals surface area contributed by atoms with Crippen LogP contribution in [0.15, 0.2) is 48.5 Å².